The Morgan fingerprint density at radius 3 is 2.64 bits per heavy atom. The zero-order valence-electron chi connectivity index (χ0n) is 18.9. The molecule has 0 aromatic carbocycles. The zero-order valence-corrected chi connectivity index (χ0v) is 21.3. The van der Waals surface area contributed by atoms with E-state index in [0.29, 0.717) is 22.5 Å². The van der Waals surface area contributed by atoms with Crippen molar-refractivity contribution < 1.29 is 42.2 Å². The van der Waals surface area contributed by atoms with Crippen molar-refractivity contribution in [3.8, 4) is 0 Å². The number of aromatic nitrogens is 4. The highest BCUT2D eigenvalue weighted by Crippen LogP contribution is 2.47. The van der Waals surface area contributed by atoms with Crippen LogP contribution in [0.5, 0.6) is 0 Å². The van der Waals surface area contributed by atoms with E-state index < -0.39 is 52.1 Å². The number of thioether (sulfide) groups is 3. The monoisotopic (exact) mass is 571 g/mol. The fraction of sp³-hybridized carbons (Fsp3) is 0.588. The molecule has 0 saturated carbocycles. The Balaban J connectivity index is 1.66. The van der Waals surface area contributed by atoms with Gasteiger partial charge in [-0.2, -0.15) is 13.2 Å². The average Bonchev–Trinajstić information content (AvgIpc) is 3.22. The molecule has 3 rings (SSSR count). The molecule has 3 N–H and O–H groups in total. The van der Waals surface area contributed by atoms with E-state index >= 15 is 0 Å². The smallest absolute Gasteiger partial charge is 0.471 e. The number of β-lactam (4-membered cyclic amide) rings is 1. The van der Waals surface area contributed by atoms with Gasteiger partial charge in [0, 0.05) is 25.7 Å². The van der Waals surface area contributed by atoms with Gasteiger partial charge in [-0.25, -0.2) is 9.48 Å². The molecule has 3 atom stereocenters. The number of carbonyl (C=O) groups excluding carboxylic acids is 3. The maximum atomic E-state index is 13.1. The summed E-state index contributed by atoms with van der Waals surface area (Å²) >= 11 is 3.07. The largest absolute Gasteiger partial charge is 0.477 e. The molecule has 1 fully saturated rings. The van der Waals surface area contributed by atoms with Crippen molar-refractivity contribution in [3.63, 3.8) is 0 Å². The van der Waals surface area contributed by atoms with Crippen molar-refractivity contribution in [1.82, 2.24) is 35.7 Å². The topological polar surface area (TPSA) is 169 Å². The highest BCUT2D eigenvalue weighted by atomic mass is 32.2. The van der Waals surface area contributed by atoms with Crippen LogP contribution < -0.4 is 10.6 Å². The number of nitrogens with one attached hydrogen (secondary N) is 2. The Hall–Kier alpha value is -2.51. The van der Waals surface area contributed by atoms with Gasteiger partial charge < -0.3 is 20.5 Å². The van der Waals surface area contributed by atoms with Gasteiger partial charge in [-0.05, 0) is 22.9 Å². The van der Waals surface area contributed by atoms with E-state index in [0.717, 1.165) is 4.90 Å². The summed E-state index contributed by atoms with van der Waals surface area (Å²) < 4.78 is 43.8. The van der Waals surface area contributed by atoms with Gasteiger partial charge in [-0.1, -0.05) is 11.8 Å². The molecular weight excluding hydrogens is 551 g/mol. The number of amides is 3. The van der Waals surface area contributed by atoms with Crippen molar-refractivity contribution >= 4 is 59.0 Å². The predicted molar refractivity (Wildman–Crippen MR) is 121 cm³/mol. The predicted octanol–water partition coefficient (Wildman–Crippen LogP) is -0.227. The van der Waals surface area contributed by atoms with Crippen LogP contribution in [-0.4, -0.2) is 101 Å². The number of tetrazole rings is 1. The quantitative estimate of drug-likeness (QED) is 0.192. The molecule has 1 aromatic rings. The van der Waals surface area contributed by atoms with Gasteiger partial charge >= 0.3 is 18.1 Å². The van der Waals surface area contributed by atoms with Gasteiger partial charge in [0.1, 0.15) is 11.1 Å². The first-order valence-electron chi connectivity index (χ1n) is 9.93. The van der Waals surface area contributed by atoms with Gasteiger partial charge in [0.15, 0.2) is 0 Å². The number of hydrogen-bond donors (Lipinski definition) is 3. The SMILES string of the molecule is CO[C@@]1(NC(=O)CSC(C)NC(=O)C(F)(F)F)C(=O)N2C(C(=O)O)=C(CSc3nnnn3C)CS[C@@H]21. The maximum absolute atomic E-state index is 13.1. The summed E-state index contributed by atoms with van der Waals surface area (Å²) in [6.07, 6.45) is -5.06. The second-order valence-electron chi connectivity index (χ2n) is 7.38. The first-order chi connectivity index (χ1) is 16.8. The Kier molecular flexibility index (Phi) is 8.46. The van der Waals surface area contributed by atoms with E-state index in [9.17, 15) is 37.5 Å². The molecule has 198 valence electrons. The number of rotatable bonds is 10. The number of hydrogen-bond acceptors (Lipinski definition) is 11. The molecule has 2 aliphatic heterocycles. The second kappa shape index (κ2) is 10.9. The van der Waals surface area contributed by atoms with Crippen LogP contribution in [-0.2, 0) is 31.0 Å². The molecule has 0 aliphatic carbocycles. The number of alkyl halides is 3. The summed E-state index contributed by atoms with van der Waals surface area (Å²) in [5, 5.41) is 23.5. The average molecular weight is 572 g/mol. The highest BCUT2D eigenvalue weighted by molar-refractivity contribution is 8.01. The van der Waals surface area contributed by atoms with Gasteiger partial charge in [-0.15, -0.1) is 28.6 Å². The minimum Gasteiger partial charge on any atom is -0.477 e. The number of aliphatic carboxylic acids is 1. The number of carboxylic acid groups (broad SMARTS) is 1. The fourth-order valence-corrected chi connectivity index (χ4v) is 6.39. The van der Waals surface area contributed by atoms with Crippen molar-refractivity contribution in [3.05, 3.63) is 11.3 Å². The molecule has 1 aromatic heterocycles. The molecule has 13 nitrogen and oxygen atoms in total. The summed E-state index contributed by atoms with van der Waals surface area (Å²) in [4.78, 5) is 49.6. The third kappa shape index (κ3) is 5.57. The molecule has 0 bridgehead atoms. The van der Waals surface area contributed by atoms with Gasteiger partial charge in [0.2, 0.25) is 11.1 Å². The lowest BCUT2D eigenvalue weighted by atomic mass is 9.98. The van der Waals surface area contributed by atoms with Crippen molar-refractivity contribution in [2.75, 3.05) is 24.4 Å². The van der Waals surface area contributed by atoms with Crippen LogP contribution in [0.3, 0.4) is 0 Å². The number of fused-ring (bicyclic) bond motifs is 1. The second-order valence-corrected chi connectivity index (χ2v) is 10.7. The van der Waals surface area contributed by atoms with Crippen molar-refractivity contribution in [2.24, 2.45) is 7.05 Å². The van der Waals surface area contributed by atoms with Gasteiger partial charge in [-0.3, -0.25) is 19.3 Å². The van der Waals surface area contributed by atoms with E-state index in [1.54, 1.807) is 12.4 Å². The number of ether oxygens (including phenoxy) is 1. The Morgan fingerprint density at radius 1 is 1.39 bits per heavy atom. The number of carboxylic acids is 1. The summed E-state index contributed by atoms with van der Waals surface area (Å²) in [5.74, 6) is -5.02. The minimum atomic E-state index is -5.06. The van der Waals surface area contributed by atoms with Crippen LogP contribution in [0.15, 0.2) is 16.4 Å². The molecule has 0 radical (unpaired) electrons. The molecule has 1 saturated heterocycles. The molecule has 0 spiro atoms. The molecule has 19 heteroatoms. The van der Waals surface area contributed by atoms with Crippen LogP contribution in [0, 0.1) is 0 Å². The van der Waals surface area contributed by atoms with Crippen LogP contribution in [0.1, 0.15) is 6.92 Å². The number of halogens is 3. The number of carbonyl (C=O) groups is 4. The van der Waals surface area contributed by atoms with Crippen LogP contribution in [0.25, 0.3) is 0 Å². The number of methoxy groups -OCH3 is 1. The van der Waals surface area contributed by atoms with E-state index in [1.807, 2.05) is 0 Å². The minimum absolute atomic E-state index is 0.198. The fourth-order valence-electron chi connectivity index (χ4n) is 3.30. The molecule has 3 amide bonds. The molecular formula is C17H20F3N7O6S3. The first kappa shape index (κ1) is 28.1. The van der Waals surface area contributed by atoms with E-state index in [1.165, 1.54) is 42.2 Å². The third-order valence-corrected chi connectivity index (χ3v) is 8.49. The molecule has 2 aliphatic rings. The van der Waals surface area contributed by atoms with Gasteiger partial charge in [0.25, 0.3) is 11.6 Å². The van der Waals surface area contributed by atoms with Crippen LogP contribution in [0.2, 0.25) is 0 Å². The molecule has 3 heterocycles. The first-order valence-corrected chi connectivity index (χ1v) is 13.0. The van der Waals surface area contributed by atoms with E-state index in [4.69, 9.17) is 4.74 Å². The zero-order chi connectivity index (χ0) is 26.8. The molecule has 36 heavy (non-hydrogen) atoms. The lowest BCUT2D eigenvalue weighted by Crippen LogP contribution is -2.80. The summed E-state index contributed by atoms with van der Waals surface area (Å²) in [7, 11) is 2.80. The third-order valence-electron chi connectivity index (χ3n) is 4.97. The van der Waals surface area contributed by atoms with E-state index in [-0.39, 0.29) is 17.2 Å². The Bertz CT molecular complexity index is 1100. The normalized spacial score (nSPS) is 22.6. The van der Waals surface area contributed by atoms with Crippen molar-refractivity contribution in [2.45, 2.75) is 34.7 Å². The van der Waals surface area contributed by atoms with E-state index in [2.05, 4.69) is 20.8 Å². The maximum Gasteiger partial charge on any atom is 0.471 e. The summed E-state index contributed by atoms with van der Waals surface area (Å²) in [6.45, 7) is 1.27. The highest BCUT2D eigenvalue weighted by Gasteiger charge is 2.66. The summed E-state index contributed by atoms with van der Waals surface area (Å²) in [6, 6.07) is 0. The lowest BCUT2D eigenvalue weighted by Gasteiger charge is -2.55. The molecule has 1 unspecified atom stereocenters. The number of nitrogens with zero attached hydrogens (tertiary/aromatic N) is 5. The Morgan fingerprint density at radius 2 is 2.08 bits per heavy atom. The van der Waals surface area contributed by atoms with Crippen LogP contribution >= 0.6 is 35.3 Å². The van der Waals surface area contributed by atoms with Crippen molar-refractivity contribution in [1.29, 1.82) is 0 Å². The van der Waals surface area contributed by atoms with Crippen LogP contribution in [0.4, 0.5) is 13.2 Å². The standard InChI is InChI=1S/C17H20F3N7O6S3/c1-7(21-12(31)17(18,19)20)34-6-9(28)22-16(33-3)13(32)27-10(11(29)30)8(4-35-14(16)27)5-36-15-23-24-25-26(15)2/h7,14H,4-6H2,1-3H3,(H,21,31)(H,22,28)(H,29,30)/t7?,14-,16+/m1/s1. The lowest BCUT2D eigenvalue weighted by molar-refractivity contribution is -0.192. The number of aryl methyl sites for hydroxylation is 1. The summed E-state index contributed by atoms with van der Waals surface area (Å²) in [5.41, 5.74) is -1.63. The van der Waals surface area contributed by atoms with Gasteiger partial charge in [0.05, 0.1) is 11.1 Å². The Labute approximate surface area is 214 Å².